The molecule has 0 N–H and O–H groups in total. The average molecular weight is 425 g/mol. The Morgan fingerprint density at radius 2 is 1.33 bits per heavy atom. The molecule has 0 radical (unpaired) electrons. The smallest absolute Gasteiger partial charge is 0.0635 e. The summed E-state index contributed by atoms with van der Waals surface area (Å²) in [6.45, 7) is 3.18. The van der Waals surface area contributed by atoms with Crippen molar-refractivity contribution in [3.63, 3.8) is 0 Å². The Morgan fingerprint density at radius 1 is 0.667 bits per heavy atom. The topological polar surface area (TPSA) is 9.86 Å². The van der Waals surface area contributed by atoms with Crippen molar-refractivity contribution in [2.75, 3.05) is 0 Å². The van der Waals surface area contributed by atoms with Crippen molar-refractivity contribution >= 4 is 44.5 Å². The molecule has 4 heteroatoms. The maximum absolute atomic E-state index is 2.41. The van der Waals surface area contributed by atoms with Gasteiger partial charge in [0.05, 0.1) is 21.1 Å². The number of para-hydroxylation sites is 1. The third kappa shape index (κ3) is 2.61. The zero-order valence-electron chi connectivity index (χ0n) is 16.6. The predicted octanol–water partition coefficient (Wildman–Crippen LogP) is 8.06. The van der Waals surface area contributed by atoms with Crippen LogP contribution >= 0.6 is 22.7 Å². The SMILES string of the molecule is CCn1c2ccccc2c2cc(-n3c(-c4cccs4)ccc3-c3cccs3)ccc21. The van der Waals surface area contributed by atoms with E-state index in [1.807, 2.05) is 0 Å². The zero-order valence-corrected chi connectivity index (χ0v) is 18.2. The first-order valence-corrected chi connectivity index (χ1v) is 11.9. The van der Waals surface area contributed by atoms with Gasteiger partial charge in [0, 0.05) is 34.0 Å². The van der Waals surface area contributed by atoms with Gasteiger partial charge in [-0.1, -0.05) is 30.3 Å². The van der Waals surface area contributed by atoms with Crippen molar-refractivity contribution < 1.29 is 0 Å². The third-order valence-electron chi connectivity index (χ3n) is 5.76. The molecule has 30 heavy (non-hydrogen) atoms. The van der Waals surface area contributed by atoms with Gasteiger partial charge in [0.15, 0.2) is 0 Å². The van der Waals surface area contributed by atoms with Crippen LogP contribution in [0.1, 0.15) is 6.92 Å². The Kier molecular flexibility index (Phi) is 4.15. The summed E-state index contributed by atoms with van der Waals surface area (Å²) in [5.41, 5.74) is 6.29. The van der Waals surface area contributed by atoms with Crippen molar-refractivity contribution in [2.45, 2.75) is 13.5 Å². The van der Waals surface area contributed by atoms with Crippen LogP contribution in [0.5, 0.6) is 0 Å². The second-order valence-corrected chi connectivity index (χ2v) is 9.25. The molecule has 0 saturated heterocycles. The second-order valence-electron chi connectivity index (χ2n) is 7.36. The van der Waals surface area contributed by atoms with Crippen LogP contribution in [0.2, 0.25) is 0 Å². The van der Waals surface area contributed by atoms with Crippen molar-refractivity contribution in [2.24, 2.45) is 0 Å². The van der Waals surface area contributed by atoms with Gasteiger partial charge >= 0.3 is 0 Å². The molecule has 0 bridgehead atoms. The molecule has 0 saturated carbocycles. The van der Waals surface area contributed by atoms with E-state index >= 15 is 0 Å². The molecular weight excluding hydrogens is 404 g/mol. The van der Waals surface area contributed by atoms with Crippen LogP contribution in [0.25, 0.3) is 48.6 Å². The quantitative estimate of drug-likeness (QED) is 0.271. The summed E-state index contributed by atoms with van der Waals surface area (Å²) in [7, 11) is 0. The molecule has 0 fully saturated rings. The molecule has 0 amide bonds. The molecular formula is C26H20N2S2. The Balaban J connectivity index is 1.66. The molecule has 0 spiro atoms. The first-order valence-electron chi connectivity index (χ1n) is 10.2. The van der Waals surface area contributed by atoms with Gasteiger partial charge in [0.25, 0.3) is 0 Å². The Bertz CT molecular complexity index is 1410. The molecule has 2 aromatic carbocycles. The monoisotopic (exact) mass is 424 g/mol. The largest absolute Gasteiger partial charge is 0.341 e. The molecule has 146 valence electrons. The van der Waals surface area contributed by atoms with Crippen molar-refractivity contribution in [3.8, 4) is 26.8 Å². The highest BCUT2D eigenvalue weighted by atomic mass is 32.1. The summed E-state index contributed by atoms with van der Waals surface area (Å²) in [5.74, 6) is 0. The third-order valence-corrected chi connectivity index (χ3v) is 7.54. The number of hydrogen-bond donors (Lipinski definition) is 0. The first-order chi connectivity index (χ1) is 14.8. The van der Waals surface area contributed by atoms with Crippen molar-refractivity contribution in [3.05, 3.63) is 89.6 Å². The summed E-state index contributed by atoms with van der Waals surface area (Å²) in [6, 6.07) is 28.8. The van der Waals surface area contributed by atoms with Crippen LogP contribution in [-0.4, -0.2) is 9.13 Å². The minimum Gasteiger partial charge on any atom is -0.341 e. The Hall–Kier alpha value is -3.08. The fraction of sp³-hybridized carbons (Fsp3) is 0.0769. The van der Waals surface area contributed by atoms with Crippen LogP contribution in [0.3, 0.4) is 0 Å². The molecule has 0 unspecified atom stereocenters. The summed E-state index contributed by atoms with van der Waals surface area (Å²) >= 11 is 3.58. The summed E-state index contributed by atoms with van der Waals surface area (Å²) in [4.78, 5) is 2.57. The number of aryl methyl sites for hydroxylation is 1. The van der Waals surface area contributed by atoms with E-state index in [9.17, 15) is 0 Å². The number of aromatic nitrogens is 2. The average Bonchev–Trinajstić information content (AvgIpc) is 3.58. The Morgan fingerprint density at radius 3 is 1.97 bits per heavy atom. The number of benzene rings is 2. The predicted molar refractivity (Wildman–Crippen MR) is 131 cm³/mol. The molecule has 4 aromatic heterocycles. The number of hydrogen-bond acceptors (Lipinski definition) is 2. The molecule has 2 nitrogen and oxygen atoms in total. The summed E-state index contributed by atoms with van der Waals surface area (Å²) in [6.07, 6.45) is 0. The van der Waals surface area contributed by atoms with Crippen molar-refractivity contribution in [1.82, 2.24) is 9.13 Å². The van der Waals surface area contributed by atoms with Crippen LogP contribution in [0.15, 0.2) is 89.6 Å². The maximum Gasteiger partial charge on any atom is 0.0635 e. The van der Waals surface area contributed by atoms with Gasteiger partial charge in [0.1, 0.15) is 0 Å². The van der Waals surface area contributed by atoms with Gasteiger partial charge < -0.3 is 9.13 Å². The van der Waals surface area contributed by atoms with E-state index in [1.54, 1.807) is 22.7 Å². The van der Waals surface area contributed by atoms with Gasteiger partial charge in [-0.05, 0) is 66.2 Å². The van der Waals surface area contributed by atoms with Gasteiger partial charge in [-0.3, -0.25) is 0 Å². The lowest BCUT2D eigenvalue weighted by molar-refractivity contribution is 0.827. The number of fused-ring (bicyclic) bond motifs is 3. The van der Waals surface area contributed by atoms with Crippen LogP contribution < -0.4 is 0 Å². The number of thiophene rings is 2. The minimum absolute atomic E-state index is 0.966. The van der Waals surface area contributed by atoms with E-state index < -0.39 is 0 Å². The fourth-order valence-corrected chi connectivity index (χ4v) is 5.95. The van der Waals surface area contributed by atoms with Crippen LogP contribution in [0.4, 0.5) is 0 Å². The molecule has 0 aliphatic rings. The van der Waals surface area contributed by atoms with E-state index in [1.165, 1.54) is 48.6 Å². The van der Waals surface area contributed by atoms with E-state index in [2.05, 4.69) is 106 Å². The highest BCUT2D eigenvalue weighted by Gasteiger charge is 2.17. The molecule has 6 rings (SSSR count). The molecule has 0 aliphatic heterocycles. The molecule has 0 atom stereocenters. The minimum atomic E-state index is 0.966. The zero-order chi connectivity index (χ0) is 20.1. The van der Waals surface area contributed by atoms with Gasteiger partial charge in [0.2, 0.25) is 0 Å². The van der Waals surface area contributed by atoms with Gasteiger partial charge in [-0.15, -0.1) is 22.7 Å². The molecule has 0 aliphatic carbocycles. The van der Waals surface area contributed by atoms with Gasteiger partial charge in [-0.2, -0.15) is 0 Å². The number of rotatable bonds is 4. The molecule has 6 aromatic rings. The lowest BCUT2D eigenvalue weighted by Gasteiger charge is -2.13. The van der Waals surface area contributed by atoms with Crippen LogP contribution in [0, 0.1) is 0 Å². The second kappa shape index (κ2) is 7.01. The van der Waals surface area contributed by atoms with E-state index in [4.69, 9.17) is 0 Å². The first kappa shape index (κ1) is 17.8. The maximum atomic E-state index is 2.41. The standard InChI is InChI=1S/C26H20N2S2/c1-2-27-21-8-4-3-7-19(21)20-17-18(11-12-22(20)27)28-23(25-9-5-15-29-25)13-14-24(28)26-10-6-16-30-26/h3-17H,2H2,1H3. The highest BCUT2D eigenvalue weighted by Crippen LogP contribution is 2.38. The lowest BCUT2D eigenvalue weighted by atomic mass is 10.1. The lowest BCUT2D eigenvalue weighted by Crippen LogP contribution is -1.98. The van der Waals surface area contributed by atoms with Crippen LogP contribution in [-0.2, 0) is 6.54 Å². The summed E-state index contributed by atoms with van der Waals surface area (Å²) < 4.78 is 4.82. The van der Waals surface area contributed by atoms with Gasteiger partial charge in [-0.25, -0.2) is 0 Å². The van der Waals surface area contributed by atoms with Crippen molar-refractivity contribution in [1.29, 1.82) is 0 Å². The highest BCUT2D eigenvalue weighted by molar-refractivity contribution is 7.14. The number of nitrogens with zero attached hydrogens (tertiary/aromatic N) is 2. The normalized spacial score (nSPS) is 11.6. The van der Waals surface area contributed by atoms with E-state index in [-0.39, 0.29) is 0 Å². The molecule has 4 heterocycles. The van der Waals surface area contributed by atoms with E-state index in [0.717, 1.165) is 6.54 Å². The Labute approximate surface area is 183 Å². The fourth-order valence-electron chi connectivity index (χ4n) is 4.47. The van der Waals surface area contributed by atoms with E-state index in [0.29, 0.717) is 0 Å². The summed E-state index contributed by atoms with van der Waals surface area (Å²) in [5, 5.41) is 6.93.